The highest BCUT2D eigenvalue weighted by Crippen LogP contribution is 2.22. The Morgan fingerprint density at radius 2 is 2.31 bits per heavy atom. The summed E-state index contributed by atoms with van der Waals surface area (Å²) in [5.74, 6) is 0. The molecule has 3 N–H and O–H groups in total. The van der Waals surface area contributed by atoms with Gasteiger partial charge in [-0.3, -0.25) is 4.98 Å². The van der Waals surface area contributed by atoms with Gasteiger partial charge < -0.3 is 11.1 Å². The summed E-state index contributed by atoms with van der Waals surface area (Å²) in [4.78, 5) is 3.90. The molecule has 0 bridgehead atoms. The highest BCUT2D eigenvalue weighted by molar-refractivity contribution is 6.33. The molecule has 1 aromatic heterocycles. The van der Waals surface area contributed by atoms with Crippen molar-refractivity contribution >= 4 is 17.3 Å². The zero-order valence-corrected chi connectivity index (χ0v) is 8.60. The fourth-order valence-electron chi connectivity index (χ4n) is 0.892. The lowest BCUT2D eigenvalue weighted by molar-refractivity contribution is 0.580. The van der Waals surface area contributed by atoms with Crippen LogP contribution in [-0.4, -0.2) is 17.1 Å². The molecule has 3 nitrogen and oxygen atoms in total. The topological polar surface area (TPSA) is 50.9 Å². The van der Waals surface area contributed by atoms with Gasteiger partial charge in [0, 0.05) is 24.5 Å². The van der Waals surface area contributed by atoms with E-state index in [1.807, 2.05) is 19.9 Å². The van der Waals surface area contributed by atoms with Gasteiger partial charge in [0.25, 0.3) is 0 Å². The number of anilines is 1. The van der Waals surface area contributed by atoms with Crippen molar-refractivity contribution in [3.63, 3.8) is 0 Å². The van der Waals surface area contributed by atoms with Gasteiger partial charge in [0.05, 0.1) is 10.7 Å². The van der Waals surface area contributed by atoms with Gasteiger partial charge >= 0.3 is 0 Å². The maximum atomic E-state index is 5.92. The van der Waals surface area contributed by atoms with Gasteiger partial charge in [0.1, 0.15) is 0 Å². The molecular weight excluding hydrogens is 186 g/mol. The number of nitrogens with two attached hydrogens (primary N) is 1. The second kappa shape index (κ2) is 3.94. The van der Waals surface area contributed by atoms with E-state index in [-0.39, 0.29) is 5.54 Å². The fraction of sp³-hybridized carbons (Fsp3) is 0.444. The monoisotopic (exact) mass is 199 g/mol. The Morgan fingerprint density at radius 3 is 2.85 bits per heavy atom. The molecule has 0 amide bonds. The van der Waals surface area contributed by atoms with Gasteiger partial charge in [0.2, 0.25) is 0 Å². The summed E-state index contributed by atoms with van der Waals surface area (Å²) in [6.07, 6.45) is 3.30. The van der Waals surface area contributed by atoms with Crippen molar-refractivity contribution in [2.75, 3.05) is 11.9 Å². The van der Waals surface area contributed by atoms with E-state index < -0.39 is 0 Å². The Kier molecular flexibility index (Phi) is 3.12. The second-order valence-electron chi connectivity index (χ2n) is 3.57. The standard InChI is InChI=1S/C9H14ClN3/c1-9(2,6-11)13-8-3-4-12-5-7(8)10/h3-5H,6,11H2,1-2H3,(H,12,13). The fourth-order valence-corrected chi connectivity index (χ4v) is 1.06. The largest absolute Gasteiger partial charge is 0.378 e. The third-order valence-corrected chi connectivity index (χ3v) is 2.06. The summed E-state index contributed by atoms with van der Waals surface area (Å²) in [7, 11) is 0. The molecule has 0 aromatic carbocycles. The van der Waals surface area contributed by atoms with Crippen LogP contribution in [0.1, 0.15) is 13.8 Å². The first kappa shape index (κ1) is 10.3. The molecule has 0 aliphatic carbocycles. The van der Waals surface area contributed by atoms with Crippen LogP contribution in [0.15, 0.2) is 18.5 Å². The summed E-state index contributed by atoms with van der Waals surface area (Å²) in [6.45, 7) is 4.58. The van der Waals surface area contributed by atoms with Gasteiger partial charge in [0.15, 0.2) is 0 Å². The van der Waals surface area contributed by atoms with Gasteiger partial charge in [-0.25, -0.2) is 0 Å². The van der Waals surface area contributed by atoms with E-state index in [2.05, 4.69) is 10.3 Å². The van der Waals surface area contributed by atoms with E-state index in [0.29, 0.717) is 11.6 Å². The van der Waals surface area contributed by atoms with Crippen LogP contribution >= 0.6 is 11.6 Å². The predicted octanol–water partition coefficient (Wildman–Crippen LogP) is 1.88. The molecule has 0 radical (unpaired) electrons. The van der Waals surface area contributed by atoms with Crippen LogP contribution < -0.4 is 11.1 Å². The van der Waals surface area contributed by atoms with E-state index in [4.69, 9.17) is 17.3 Å². The summed E-state index contributed by atoms with van der Waals surface area (Å²) in [5, 5.41) is 3.85. The highest BCUT2D eigenvalue weighted by Gasteiger charge is 2.15. The lowest BCUT2D eigenvalue weighted by atomic mass is 10.1. The molecule has 72 valence electrons. The van der Waals surface area contributed by atoms with Crippen molar-refractivity contribution in [3.8, 4) is 0 Å². The molecule has 0 saturated heterocycles. The van der Waals surface area contributed by atoms with Crippen molar-refractivity contribution in [1.82, 2.24) is 4.98 Å². The Bertz CT molecular complexity index is 286. The van der Waals surface area contributed by atoms with Crippen LogP contribution in [0.2, 0.25) is 5.02 Å². The molecule has 0 aliphatic heterocycles. The van der Waals surface area contributed by atoms with Crippen molar-refractivity contribution in [2.45, 2.75) is 19.4 Å². The molecule has 0 spiro atoms. The number of hydrogen-bond donors (Lipinski definition) is 2. The molecule has 13 heavy (non-hydrogen) atoms. The lowest BCUT2D eigenvalue weighted by Gasteiger charge is -2.25. The molecule has 0 atom stereocenters. The molecule has 1 aromatic rings. The average Bonchev–Trinajstić information content (AvgIpc) is 2.09. The molecule has 1 rings (SSSR count). The number of halogens is 1. The Morgan fingerprint density at radius 1 is 1.62 bits per heavy atom. The zero-order chi connectivity index (χ0) is 9.90. The Hall–Kier alpha value is -0.800. The first-order valence-electron chi connectivity index (χ1n) is 4.13. The molecule has 0 fully saturated rings. The zero-order valence-electron chi connectivity index (χ0n) is 7.84. The van der Waals surface area contributed by atoms with Crippen molar-refractivity contribution in [3.05, 3.63) is 23.5 Å². The lowest BCUT2D eigenvalue weighted by Crippen LogP contribution is -2.39. The Balaban J connectivity index is 2.80. The number of nitrogens with zero attached hydrogens (tertiary/aromatic N) is 1. The maximum Gasteiger partial charge on any atom is 0.0820 e. The van der Waals surface area contributed by atoms with Crippen molar-refractivity contribution < 1.29 is 0 Å². The second-order valence-corrected chi connectivity index (χ2v) is 3.98. The number of hydrogen-bond acceptors (Lipinski definition) is 3. The first-order chi connectivity index (χ1) is 6.05. The van der Waals surface area contributed by atoms with Crippen molar-refractivity contribution in [2.24, 2.45) is 5.73 Å². The van der Waals surface area contributed by atoms with Gasteiger partial charge in [-0.05, 0) is 19.9 Å². The van der Waals surface area contributed by atoms with E-state index in [1.54, 1.807) is 12.4 Å². The summed E-state index contributed by atoms with van der Waals surface area (Å²) < 4.78 is 0. The molecule has 0 saturated carbocycles. The van der Waals surface area contributed by atoms with Crippen LogP contribution in [0.5, 0.6) is 0 Å². The smallest absolute Gasteiger partial charge is 0.0820 e. The average molecular weight is 200 g/mol. The summed E-state index contributed by atoms with van der Waals surface area (Å²) >= 11 is 5.92. The van der Waals surface area contributed by atoms with E-state index in [9.17, 15) is 0 Å². The number of pyridine rings is 1. The predicted molar refractivity (Wildman–Crippen MR) is 56.0 cm³/mol. The number of nitrogens with one attached hydrogen (secondary N) is 1. The highest BCUT2D eigenvalue weighted by atomic mass is 35.5. The van der Waals surface area contributed by atoms with Gasteiger partial charge in [-0.15, -0.1) is 0 Å². The summed E-state index contributed by atoms with van der Waals surface area (Å²) in [6, 6.07) is 1.83. The quantitative estimate of drug-likeness (QED) is 0.782. The van der Waals surface area contributed by atoms with Crippen LogP contribution in [0.3, 0.4) is 0 Å². The van der Waals surface area contributed by atoms with Crippen LogP contribution in [-0.2, 0) is 0 Å². The minimum Gasteiger partial charge on any atom is -0.378 e. The normalized spacial score (nSPS) is 11.4. The third kappa shape index (κ3) is 2.86. The minimum atomic E-state index is -0.148. The van der Waals surface area contributed by atoms with E-state index >= 15 is 0 Å². The van der Waals surface area contributed by atoms with E-state index in [0.717, 1.165) is 5.69 Å². The molecule has 4 heteroatoms. The Labute approximate surface area is 83.3 Å². The van der Waals surface area contributed by atoms with Gasteiger partial charge in [-0.1, -0.05) is 11.6 Å². The SMILES string of the molecule is CC(C)(CN)Nc1ccncc1Cl. The molecular formula is C9H14ClN3. The third-order valence-electron chi connectivity index (χ3n) is 1.76. The first-order valence-corrected chi connectivity index (χ1v) is 4.51. The van der Waals surface area contributed by atoms with Crippen LogP contribution in [0, 0.1) is 0 Å². The maximum absolute atomic E-state index is 5.92. The van der Waals surface area contributed by atoms with Crippen LogP contribution in [0.25, 0.3) is 0 Å². The molecule has 0 unspecified atom stereocenters. The summed E-state index contributed by atoms with van der Waals surface area (Å²) in [5.41, 5.74) is 6.30. The number of rotatable bonds is 3. The van der Waals surface area contributed by atoms with Crippen LogP contribution in [0.4, 0.5) is 5.69 Å². The minimum absolute atomic E-state index is 0.148. The number of aromatic nitrogens is 1. The molecule has 1 heterocycles. The van der Waals surface area contributed by atoms with Gasteiger partial charge in [-0.2, -0.15) is 0 Å². The molecule has 0 aliphatic rings. The van der Waals surface area contributed by atoms with E-state index in [1.165, 1.54) is 0 Å². The van der Waals surface area contributed by atoms with Crippen molar-refractivity contribution in [1.29, 1.82) is 0 Å².